The van der Waals surface area contributed by atoms with E-state index in [1.54, 1.807) is 0 Å². The minimum absolute atomic E-state index is 0.325. The molecule has 8 heteroatoms. The molecule has 6 N–H and O–H groups in total. The van der Waals surface area contributed by atoms with Gasteiger partial charge in [0.05, 0.1) is 11.6 Å². The number of amides is 2. The molecule has 0 fully saturated rings. The van der Waals surface area contributed by atoms with E-state index in [1.807, 2.05) is 18.3 Å². The Kier molecular flexibility index (Phi) is 6.17. The van der Waals surface area contributed by atoms with Crippen LogP contribution in [0.5, 0.6) is 0 Å². The normalized spacial score (nSPS) is 13.9. The lowest BCUT2D eigenvalue weighted by Gasteiger charge is -2.06. The molecule has 1 atom stereocenters. The van der Waals surface area contributed by atoms with E-state index in [-0.39, 0.29) is 0 Å². The van der Waals surface area contributed by atoms with Gasteiger partial charge in [-0.15, -0.1) is 0 Å². The molecule has 0 aliphatic carbocycles. The van der Waals surface area contributed by atoms with Gasteiger partial charge >= 0.3 is 12.2 Å². The lowest BCUT2D eigenvalue weighted by atomic mass is 10.0. The van der Waals surface area contributed by atoms with Crippen LogP contribution in [0.3, 0.4) is 0 Å². The minimum atomic E-state index is -1.33. The van der Waals surface area contributed by atoms with Gasteiger partial charge in [-0.2, -0.15) is 0 Å². The molecular weight excluding hydrogens is 288 g/mol. The van der Waals surface area contributed by atoms with Crippen molar-refractivity contribution in [2.75, 3.05) is 0 Å². The number of primary amides is 2. The van der Waals surface area contributed by atoms with Gasteiger partial charge in [0.15, 0.2) is 0 Å². The lowest BCUT2D eigenvalue weighted by molar-refractivity contribution is 0.204. The predicted octanol–water partition coefficient (Wildman–Crippen LogP) is 1.75. The number of nitrogens with zero attached hydrogens (tertiary/aromatic N) is 2. The summed E-state index contributed by atoms with van der Waals surface area (Å²) in [4.78, 5) is 21.9. The first-order chi connectivity index (χ1) is 10.4. The second-order valence-electron chi connectivity index (χ2n) is 4.09. The number of hydrogen-bond acceptors (Lipinski definition) is 3. The Hall–Kier alpha value is -3.29. The van der Waals surface area contributed by atoms with E-state index >= 15 is 0 Å². The molecule has 0 saturated carbocycles. The van der Waals surface area contributed by atoms with Crippen molar-refractivity contribution in [1.29, 1.82) is 0 Å². The molecule has 116 valence electrons. The van der Waals surface area contributed by atoms with Crippen molar-refractivity contribution in [2.45, 2.75) is 5.92 Å². The maximum Gasteiger partial charge on any atom is 0.402 e. The van der Waals surface area contributed by atoms with Crippen LogP contribution >= 0.6 is 0 Å². The molecule has 2 aromatic heterocycles. The largest absolute Gasteiger partial charge is 0.465 e. The summed E-state index contributed by atoms with van der Waals surface area (Å²) in [6.07, 6.45) is 5.51. The van der Waals surface area contributed by atoms with Crippen molar-refractivity contribution < 1.29 is 19.8 Å². The summed E-state index contributed by atoms with van der Waals surface area (Å²) >= 11 is 0. The van der Waals surface area contributed by atoms with E-state index in [0.29, 0.717) is 5.92 Å². The van der Waals surface area contributed by atoms with E-state index in [1.165, 1.54) is 5.69 Å². The van der Waals surface area contributed by atoms with Gasteiger partial charge in [-0.3, -0.25) is 4.98 Å². The molecule has 0 radical (unpaired) electrons. The third kappa shape index (κ3) is 5.37. The van der Waals surface area contributed by atoms with Crippen molar-refractivity contribution in [2.24, 2.45) is 11.5 Å². The zero-order valence-corrected chi connectivity index (χ0v) is 11.5. The topological polar surface area (TPSA) is 144 Å². The third-order valence-corrected chi connectivity index (χ3v) is 2.58. The Morgan fingerprint density at radius 1 is 1.09 bits per heavy atom. The minimum Gasteiger partial charge on any atom is -0.465 e. The van der Waals surface area contributed by atoms with Gasteiger partial charge in [0, 0.05) is 24.3 Å². The molecule has 1 aliphatic rings. The standard InChI is InChI=1S/C12H10N2.2CH3NO2/c1-2-7-13-11(4-1)10-6-9-14-8-3-5-12(10)14;2*2-1(3)4/h1-10H;2*2H2,(H,3,4). The summed E-state index contributed by atoms with van der Waals surface area (Å²) in [5.74, 6) is 0.325. The average Bonchev–Trinajstić information content (AvgIpc) is 3.00. The summed E-state index contributed by atoms with van der Waals surface area (Å²) in [6.45, 7) is 0. The second kappa shape index (κ2) is 8.10. The average molecular weight is 304 g/mol. The molecule has 2 amide bonds. The van der Waals surface area contributed by atoms with Crippen LogP contribution in [0.25, 0.3) is 6.20 Å². The maximum absolute atomic E-state index is 8.78. The molecule has 1 unspecified atom stereocenters. The fourth-order valence-corrected chi connectivity index (χ4v) is 1.89. The number of nitrogens with two attached hydrogens (primary N) is 2. The van der Waals surface area contributed by atoms with Crippen molar-refractivity contribution in [1.82, 2.24) is 9.55 Å². The highest BCUT2D eigenvalue weighted by Gasteiger charge is 2.19. The number of rotatable bonds is 1. The molecule has 0 saturated heterocycles. The van der Waals surface area contributed by atoms with E-state index < -0.39 is 12.2 Å². The van der Waals surface area contributed by atoms with Crippen LogP contribution < -0.4 is 11.5 Å². The summed E-state index contributed by atoms with van der Waals surface area (Å²) < 4.78 is 2.14. The monoisotopic (exact) mass is 304 g/mol. The summed E-state index contributed by atoms with van der Waals surface area (Å²) in [7, 11) is 0. The van der Waals surface area contributed by atoms with Crippen LogP contribution in [-0.4, -0.2) is 32.0 Å². The van der Waals surface area contributed by atoms with Gasteiger partial charge in [0.2, 0.25) is 0 Å². The third-order valence-electron chi connectivity index (χ3n) is 2.58. The Labute approximate surface area is 126 Å². The van der Waals surface area contributed by atoms with Crippen molar-refractivity contribution in [3.8, 4) is 0 Å². The second-order valence-corrected chi connectivity index (χ2v) is 4.09. The highest BCUT2D eigenvalue weighted by molar-refractivity contribution is 5.61. The van der Waals surface area contributed by atoms with Gasteiger partial charge in [0.25, 0.3) is 0 Å². The van der Waals surface area contributed by atoms with Crippen molar-refractivity contribution in [3.05, 3.63) is 60.2 Å². The Morgan fingerprint density at radius 2 is 1.73 bits per heavy atom. The molecule has 22 heavy (non-hydrogen) atoms. The summed E-state index contributed by atoms with van der Waals surface area (Å²) in [5.41, 5.74) is 10.5. The van der Waals surface area contributed by atoms with E-state index in [0.717, 1.165) is 5.69 Å². The molecule has 3 rings (SSSR count). The molecule has 3 heterocycles. The fourth-order valence-electron chi connectivity index (χ4n) is 1.89. The SMILES string of the molecule is C1=Cn2cccc2C1c1ccccn1.NC(=O)O.NC(=O)O. The van der Waals surface area contributed by atoms with E-state index in [4.69, 9.17) is 19.8 Å². The molecule has 2 aromatic rings. The molecule has 8 nitrogen and oxygen atoms in total. The highest BCUT2D eigenvalue weighted by Crippen LogP contribution is 2.29. The predicted molar refractivity (Wildman–Crippen MR) is 80.3 cm³/mol. The first kappa shape index (κ1) is 16.8. The molecular formula is C14H16N4O4. The quantitative estimate of drug-likeness (QED) is 0.634. The van der Waals surface area contributed by atoms with Crippen molar-refractivity contribution >= 4 is 18.4 Å². The zero-order chi connectivity index (χ0) is 16.5. The first-order valence-electron chi connectivity index (χ1n) is 6.14. The van der Waals surface area contributed by atoms with Gasteiger partial charge in [-0.25, -0.2) is 9.59 Å². The van der Waals surface area contributed by atoms with E-state index in [2.05, 4.69) is 57.7 Å². The Bertz CT molecular complexity index is 632. The molecule has 0 bridgehead atoms. The number of pyridine rings is 1. The number of fused-ring (bicyclic) bond motifs is 1. The van der Waals surface area contributed by atoms with Crippen LogP contribution in [0.15, 0.2) is 48.8 Å². The molecule has 0 aromatic carbocycles. The van der Waals surface area contributed by atoms with Crippen molar-refractivity contribution in [3.63, 3.8) is 0 Å². The molecule has 1 aliphatic heterocycles. The van der Waals surface area contributed by atoms with Crippen LogP contribution in [0.1, 0.15) is 17.3 Å². The number of hydrogen-bond donors (Lipinski definition) is 4. The summed E-state index contributed by atoms with van der Waals surface area (Å²) in [6, 6.07) is 10.2. The maximum atomic E-state index is 8.78. The number of carbonyl (C=O) groups is 2. The van der Waals surface area contributed by atoms with E-state index in [9.17, 15) is 0 Å². The number of allylic oxidation sites excluding steroid dienone is 1. The molecule has 0 spiro atoms. The fraction of sp³-hybridized carbons (Fsp3) is 0.0714. The smallest absolute Gasteiger partial charge is 0.402 e. The first-order valence-corrected chi connectivity index (χ1v) is 6.14. The van der Waals surface area contributed by atoms with Crippen LogP contribution in [0.2, 0.25) is 0 Å². The van der Waals surface area contributed by atoms with Gasteiger partial charge in [0.1, 0.15) is 0 Å². The zero-order valence-electron chi connectivity index (χ0n) is 11.5. The van der Waals surface area contributed by atoms with Crippen LogP contribution in [0.4, 0.5) is 9.59 Å². The highest BCUT2D eigenvalue weighted by atomic mass is 16.4. The van der Waals surface area contributed by atoms with Crippen LogP contribution in [0, 0.1) is 0 Å². The lowest BCUT2D eigenvalue weighted by Crippen LogP contribution is -2.03. The van der Waals surface area contributed by atoms with Gasteiger partial charge in [-0.05, 0) is 24.3 Å². The van der Waals surface area contributed by atoms with Gasteiger partial charge < -0.3 is 26.2 Å². The Morgan fingerprint density at radius 3 is 2.27 bits per heavy atom. The van der Waals surface area contributed by atoms with Crippen LogP contribution in [-0.2, 0) is 0 Å². The van der Waals surface area contributed by atoms with Gasteiger partial charge in [-0.1, -0.05) is 12.1 Å². The Balaban J connectivity index is 0.000000257. The number of carboxylic acid groups (broad SMARTS) is 2. The summed E-state index contributed by atoms with van der Waals surface area (Å²) in [5, 5.41) is 14.4. The number of aromatic nitrogens is 2.